The van der Waals surface area contributed by atoms with Crippen molar-refractivity contribution < 1.29 is 20.1 Å². The molecule has 0 spiro atoms. The summed E-state index contributed by atoms with van der Waals surface area (Å²) in [6.45, 7) is 6.62. The number of aliphatic hydroxyl groups is 3. The molecule has 4 saturated carbocycles. The molecule has 4 N–H and O–H groups in total. The quantitative estimate of drug-likeness (QED) is 0.581. The monoisotopic (exact) mass is 403 g/mol. The SMILES string of the molecule is CC(NC1CC1)[C@H]1CC[C@@]2(O)C3=CC(=O)[C@@H]4C[C@@H](O)[C@@H](O)C[C@]4(C)C3CC[C@]12C. The predicted octanol–water partition coefficient (Wildman–Crippen LogP) is 2.33. The molecule has 0 radical (unpaired) electrons. The molecular weight excluding hydrogens is 366 g/mol. The smallest absolute Gasteiger partial charge is 0.159 e. The van der Waals surface area contributed by atoms with Crippen molar-refractivity contribution in [3.8, 4) is 0 Å². The van der Waals surface area contributed by atoms with E-state index in [1.807, 2.05) is 0 Å². The minimum Gasteiger partial charge on any atom is -0.390 e. The Morgan fingerprint density at radius 3 is 2.48 bits per heavy atom. The van der Waals surface area contributed by atoms with Crippen molar-refractivity contribution in [3.05, 3.63) is 11.6 Å². The van der Waals surface area contributed by atoms with E-state index in [1.54, 1.807) is 6.08 Å². The number of nitrogens with one attached hydrogen (secondary N) is 1. The van der Waals surface area contributed by atoms with Crippen molar-refractivity contribution in [2.75, 3.05) is 0 Å². The lowest BCUT2D eigenvalue weighted by Gasteiger charge is -2.60. The lowest BCUT2D eigenvalue weighted by atomic mass is 9.46. The zero-order valence-electron chi connectivity index (χ0n) is 18.0. The van der Waals surface area contributed by atoms with Gasteiger partial charge in [-0.2, -0.15) is 0 Å². The Morgan fingerprint density at radius 1 is 1.07 bits per heavy atom. The van der Waals surface area contributed by atoms with Crippen LogP contribution in [0.1, 0.15) is 72.1 Å². The van der Waals surface area contributed by atoms with Gasteiger partial charge in [-0.05, 0) is 87.2 Å². The van der Waals surface area contributed by atoms with Crippen molar-refractivity contribution in [2.45, 2.75) is 102 Å². The summed E-state index contributed by atoms with van der Waals surface area (Å²) in [4.78, 5) is 13.2. The number of hydrogen-bond acceptors (Lipinski definition) is 5. The first-order chi connectivity index (χ1) is 13.6. The van der Waals surface area contributed by atoms with Gasteiger partial charge in [-0.15, -0.1) is 0 Å². The van der Waals surface area contributed by atoms with Gasteiger partial charge in [0.25, 0.3) is 0 Å². The number of ketones is 1. The summed E-state index contributed by atoms with van der Waals surface area (Å²) >= 11 is 0. The van der Waals surface area contributed by atoms with Gasteiger partial charge < -0.3 is 20.6 Å². The lowest BCUT2D eigenvalue weighted by Crippen LogP contribution is -2.61. The number of fused-ring (bicyclic) bond motifs is 5. The van der Waals surface area contributed by atoms with Crippen LogP contribution in [0.2, 0.25) is 0 Å². The minimum absolute atomic E-state index is 0.0370. The van der Waals surface area contributed by atoms with E-state index in [4.69, 9.17) is 0 Å². The van der Waals surface area contributed by atoms with Crippen LogP contribution in [0, 0.1) is 28.6 Å². The highest BCUT2D eigenvalue weighted by Crippen LogP contribution is 2.67. The lowest BCUT2D eigenvalue weighted by molar-refractivity contribution is -0.152. The summed E-state index contributed by atoms with van der Waals surface area (Å²) in [5.41, 5.74) is -0.621. The molecule has 0 aromatic carbocycles. The van der Waals surface area contributed by atoms with Crippen LogP contribution in [0.5, 0.6) is 0 Å². The summed E-state index contributed by atoms with van der Waals surface area (Å²) in [6, 6.07) is 1.01. The van der Waals surface area contributed by atoms with Crippen LogP contribution >= 0.6 is 0 Å². The fraction of sp³-hybridized carbons (Fsp3) is 0.875. The molecule has 162 valence electrons. The fourth-order valence-corrected chi connectivity index (χ4v) is 7.95. The molecule has 5 aliphatic rings. The Bertz CT molecular complexity index is 747. The largest absolute Gasteiger partial charge is 0.390 e. The summed E-state index contributed by atoms with van der Waals surface area (Å²) in [5.74, 6) is 0.287. The van der Waals surface area contributed by atoms with Crippen LogP contribution in [-0.4, -0.2) is 51.0 Å². The van der Waals surface area contributed by atoms with Gasteiger partial charge in [-0.25, -0.2) is 0 Å². The number of rotatable bonds is 3. The van der Waals surface area contributed by atoms with Gasteiger partial charge in [0.15, 0.2) is 5.78 Å². The van der Waals surface area contributed by atoms with Crippen molar-refractivity contribution in [1.29, 1.82) is 0 Å². The standard InChI is InChI=1S/C24H37NO4/c1-13(25-14-4-5-14)15-7-9-24(29)17-10-19(26)18-11-20(27)21(28)12-22(18,2)16(17)6-8-23(15,24)3/h10,13-16,18,20-21,25,27-29H,4-9,11-12H2,1-3H3/t13?,15-,16?,18+,20-,21+,22-,23-,24-/m1/s1. The van der Waals surface area contributed by atoms with Crippen LogP contribution in [0.4, 0.5) is 0 Å². The predicted molar refractivity (Wildman–Crippen MR) is 110 cm³/mol. The molecule has 9 atom stereocenters. The average Bonchev–Trinajstić information content (AvgIpc) is 3.40. The second-order valence-electron chi connectivity index (χ2n) is 11.4. The highest BCUT2D eigenvalue weighted by atomic mass is 16.3. The van der Waals surface area contributed by atoms with E-state index in [0.717, 1.165) is 24.8 Å². The maximum Gasteiger partial charge on any atom is 0.159 e. The van der Waals surface area contributed by atoms with Gasteiger partial charge in [-0.3, -0.25) is 4.79 Å². The third kappa shape index (κ3) is 2.70. The van der Waals surface area contributed by atoms with Crippen molar-refractivity contribution in [1.82, 2.24) is 5.32 Å². The van der Waals surface area contributed by atoms with Gasteiger partial charge in [0.2, 0.25) is 0 Å². The fourth-order valence-electron chi connectivity index (χ4n) is 7.95. The van der Waals surface area contributed by atoms with Gasteiger partial charge in [0.1, 0.15) is 0 Å². The van der Waals surface area contributed by atoms with Crippen LogP contribution in [0.25, 0.3) is 0 Å². The summed E-state index contributed by atoms with van der Waals surface area (Å²) in [5, 5.41) is 36.5. The van der Waals surface area contributed by atoms with E-state index in [9.17, 15) is 20.1 Å². The van der Waals surface area contributed by atoms with E-state index in [1.165, 1.54) is 12.8 Å². The molecule has 2 unspecified atom stereocenters. The minimum atomic E-state index is -0.940. The van der Waals surface area contributed by atoms with Gasteiger partial charge in [0, 0.05) is 23.4 Å². The summed E-state index contributed by atoms with van der Waals surface area (Å²) < 4.78 is 0. The van der Waals surface area contributed by atoms with Gasteiger partial charge in [0.05, 0.1) is 17.8 Å². The Kier molecular flexibility index (Phi) is 4.44. The summed E-state index contributed by atoms with van der Waals surface area (Å²) in [7, 11) is 0. The normalized spacial score (nSPS) is 53.0. The van der Waals surface area contributed by atoms with Crippen LogP contribution in [0.15, 0.2) is 11.6 Å². The molecule has 0 aliphatic heterocycles. The van der Waals surface area contributed by atoms with Crippen LogP contribution < -0.4 is 5.32 Å². The number of carbonyl (C=O) groups is 1. The first-order valence-electron chi connectivity index (χ1n) is 11.7. The number of aliphatic hydroxyl groups excluding tert-OH is 2. The highest BCUT2D eigenvalue weighted by Gasteiger charge is 2.66. The molecule has 0 heterocycles. The number of carbonyl (C=O) groups excluding carboxylic acids is 1. The van der Waals surface area contributed by atoms with E-state index in [0.29, 0.717) is 37.3 Å². The molecule has 0 amide bonds. The van der Waals surface area contributed by atoms with E-state index in [-0.39, 0.29) is 28.4 Å². The van der Waals surface area contributed by atoms with E-state index in [2.05, 4.69) is 26.1 Å². The second-order valence-corrected chi connectivity index (χ2v) is 11.4. The van der Waals surface area contributed by atoms with Crippen molar-refractivity contribution >= 4 is 5.78 Å². The van der Waals surface area contributed by atoms with E-state index >= 15 is 0 Å². The number of hydrogen-bond donors (Lipinski definition) is 4. The molecule has 5 aliphatic carbocycles. The molecule has 5 rings (SSSR count). The first kappa shape index (κ1) is 20.2. The third-order valence-electron chi connectivity index (χ3n) is 9.87. The highest BCUT2D eigenvalue weighted by molar-refractivity contribution is 5.95. The Labute approximate surface area is 174 Å². The topological polar surface area (TPSA) is 89.8 Å². The zero-order chi connectivity index (χ0) is 20.8. The molecule has 5 nitrogen and oxygen atoms in total. The molecule has 4 fully saturated rings. The Morgan fingerprint density at radius 2 is 1.79 bits per heavy atom. The van der Waals surface area contributed by atoms with Crippen LogP contribution in [-0.2, 0) is 4.79 Å². The van der Waals surface area contributed by atoms with Crippen molar-refractivity contribution in [3.63, 3.8) is 0 Å². The molecule has 0 saturated heterocycles. The molecule has 0 bridgehead atoms. The van der Waals surface area contributed by atoms with Crippen molar-refractivity contribution in [2.24, 2.45) is 28.6 Å². The molecule has 0 aromatic rings. The zero-order valence-corrected chi connectivity index (χ0v) is 18.0. The second kappa shape index (κ2) is 6.38. The Hall–Kier alpha value is -0.750. The third-order valence-corrected chi connectivity index (χ3v) is 9.87. The molecule has 29 heavy (non-hydrogen) atoms. The Balaban J connectivity index is 1.50. The molecule has 0 aromatic heterocycles. The first-order valence-corrected chi connectivity index (χ1v) is 11.7. The molecule has 5 heteroatoms. The van der Waals surface area contributed by atoms with Crippen LogP contribution in [0.3, 0.4) is 0 Å². The molecular formula is C24H37NO4. The van der Waals surface area contributed by atoms with E-state index < -0.39 is 17.8 Å². The summed E-state index contributed by atoms with van der Waals surface area (Å²) in [6.07, 6.45) is 7.00. The maximum absolute atomic E-state index is 13.2. The van der Waals surface area contributed by atoms with Gasteiger partial charge >= 0.3 is 0 Å². The maximum atomic E-state index is 13.2. The average molecular weight is 404 g/mol. The number of allylic oxidation sites excluding steroid dienone is 1. The van der Waals surface area contributed by atoms with Gasteiger partial charge in [-0.1, -0.05) is 13.8 Å².